The summed E-state index contributed by atoms with van der Waals surface area (Å²) >= 11 is 0. The highest BCUT2D eigenvalue weighted by molar-refractivity contribution is 5.78. The van der Waals surface area contributed by atoms with E-state index in [0.29, 0.717) is 5.56 Å². The van der Waals surface area contributed by atoms with Crippen LogP contribution in [0.3, 0.4) is 0 Å². The van der Waals surface area contributed by atoms with Gasteiger partial charge in [-0.1, -0.05) is 18.7 Å². The number of esters is 1. The average molecular weight is 265 g/mol. The third-order valence-corrected chi connectivity index (χ3v) is 2.59. The summed E-state index contributed by atoms with van der Waals surface area (Å²) in [6.07, 6.45) is 1.49. The molecule has 1 unspecified atom stereocenters. The summed E-state index contributed by atoms with van der Waals surface area (Å²) in [5, 5.41) is 11.0. The van der Waals surface area contributed by atoms with Crippen LogP contribution in [0.25, 0.3) is 0 Å². The van der Waals surface area contributed by atoms with E-state index in [1.54, 1.807) is 13.0 Å². The predicted octanol–water partition coefficient (Wildman–Crippen LogP) is 2.44. The summed E-state index contributed by atoms with van der Waals surface area (Å²) in [6.45, 7) is 5.27. The van der Waals surface area contributed by atoms with Gasteiger partial charge in [-0.05, 0) is 18.6 Å². The number of ether oxygens (including phenoxy) is 2. The molecule has 1 rings (SSSR count). The molecular weight excluding hydrogens is 250 g/mol. The Labute approximate surface area is 110 Å². The van der Waals surface area contributed by atoms with Crippen molar-refractivity contribution in [1.29, 1.82) is 0 Å². The topological polar surface area (TPSA) is 78.7 Å². The van der Waals surface area contributed by atoms with Crippen molar-refractivity contribution in [2.45, 2.75) is 12.8 Å². The van der Waals surface area contributed by atoms with Gasteiger partial charge in [0.2, 0.25) is 0 Å². The Hall–Kier alpha value is -2.37. The number of nitro benzene ring substituents is 1. The lowest BCUT2D eigenvalue weighted by Gasteiger charge is -2.11. The van der Waals surface area contributed by atoms with Gasteiger partial charge in [0.25, 0.3) is 0 Å². The van der Waals surface area contributed by atoms with Gasteiger partial charge in [-0.2, -0.15) is 0 Å². The van der Waals surface area contributed by atoms with E-state index in [-0.39, 0.29) is 18.0 Å². The number of hydrogen-bond donors (Lipinski definition) is 0. The third kappa shape index (κ3) is 3.54. The number of rotatable bonds is 6. The minimum absolute atomic E-state index is 0.144. The first-order valence-corrected chi connectivity index (χ1v) is 5.61. The Morgan fingerprint density at radius 2 is 2.26 bits per heavy atom. The van der Waals surface area contributed by atoms with Crippen LogP contribution in [0, 0.1) is 10.1 Å². The van der Waals surface area contributed by atoms with E-state index in [0.717, 1.165) is 0 Å². The molecule has 0 saturated heterocycles. The number of benzene rings is 1. The molecule has 0 amide bonds. The first-order chi connectivity index (χ1) is 9.01. The normalized spacial score (nSPS) is 11.5. The molecule has 6 heteroatoms. The van der Waals surface area contributed by atoms with Crippen LogP contribution in [-0.4, -0.2) is 24.6 Å². The van der Waals surface area contributed by atoms with Crippen LogP contribution in [0.1, 0.15) is 18.4 Å². The molecular formula is C13H15NO5. The number of nitro groups is 1. The lowest BCUT2D eigenvalue weighted by Crippen LogP contribution is -2.11. The number of carbonyl (C=O) groups excluding carboxylic acids is 1. The smallest absolute Gasteiger partial charge is 0.312 e. The van der Waals surface area contributed by atoms with Crippen LogP contribution in [-0.2, 0) is 9.53 Å². The highest BCUT2D eigenvalue weighted by Crippen LogP contribution is 2.31. The molecule has 1 atom stereocenters. The van der Waals surface area contributed by atoms with Crippen molar-refractivity contribution in [2.24, 2.45) is 0 Å². The summed E-state index contributed by atoms with van der Waals surface area (Å²) in [7, 11) is 1.27. The zero-order chi connectivity index (χ0) is 14.4. The van der Waals surface area contributed by atoms with Crippen molar-refractivity contribution in [2.75, 3.05) is 13.7 Å². The average Bonchev–Trinajstić information content (AvgIpc) is 2.43. The van der Waals surface area contributed by atoms with Crippen LogP contribution in [0.2, 0.25) is 0 Å². The SMILES string of the molecule is C=CCOc1ccc(C(C)C(=O)OC)cc1[N+](=O)[O-]. The fraction of sp³-hybridized carbons (Fsp3) is 0.308. The maximum atomic E-state index is 11.4. The van der Waals surface area contributed by atoms with Crippen LogP contribution >= 0.6 is 0 Å². The highest BCUT2D eigenvalue weighted by Gasteiger charge is 2.21. The first kappa shape index (κ1) is 14.7. The molecule has 0 radical (unpaired) electrons. The van der Waals surface area contributed by atoms with Gasteiger partial charge in [-0.25, -0.2) is 0 Å². The summed E-state index contributed by atoms with van der Waals surface area (Å²) in [5.41, 5.74) is 0.319. The zero-order valence-corrected chi connectivity index (χ0v) is 10.8. The summed E-state index contributed by atoms with van der Waals surface area (Å²) in [5.74, 6) is -0.878. The molecule has 0 fully saturated rings. The van der Waals surface area contributed by atoms with Gasteiger partial charge in [-0.3, -0.25) is 14.9 Å². The standard InChI is InChI=1S/C13H15NO5/c1-4-7-19-12-6-5-10(8-11(12)14(16)17)9(2)13(15)18-3/h4-6,8-9H,1,7H2,2-3H3. The quantitative estimate of drug-likeness (QED) is 0.341. The van der Waals surface area contributed by atoms with Crippen LogP contribution < -0.4 is 4.74 Å². The Morgan fingerprint density at radius 1 is 1.58 bits per heavy atom. The van der Waals surface area contributed by atoms with Crippen LogP contribution in [0.15, 0.2) is 30.9 Å². The number of carbonyl (C=O) groups is 1. The molecule has 6 nitrogen and oxygen atoms in total. The van der Waals surface area contributed by atoms with E-state index in [1.165, 1.54) is 25.3 Å². The van der Waals surface area contributed by atoms with E-state index >= 15 is 0 Å². The second-order valence-corrected chi connectivity index (χ2v) is 3.83. The maximum Gasteiger partial charge on any atom is 0.312 e. The largest absolute Gasteiger partial charge is 0.483 e. The van der Waals surface area contributed by atoms with Crippen LogP contribution in [0.4, 0.5) is 5.69 Å². The first-order valence-electron chi connectivity index (χ1n) is 5.61. The van der Waals surface area contributed by atoms with Crippen molar-refractivity contribution in [1.82, 2.24) is 0 Å². The number of hydrogen-bond acceptors (Lipinski definition) is 5. The van der Waals surface area contributed by atoms with Crippen molar-refractivity contribution in [3.8, 4) is 5.75 Å². The van der Waals surface area contributed by atoms with Gasteiger partial charge >= 0.3 is 11.7 Å². The van der Waals surface area contributed by atoms with Crippen molar-refractivity contribution < 1.29 is 19.2 Å². The van der Waals surface area contributed by atoms with E-state index in [4.69, 9.17) is 4.74 Å². The molecule has 0 aliphatic rings. The van der Waals surface area contributed by atoms with Gasteiger partial charge < -0.3 is 9.47 Å². The van der Waals surface area contributed by atoms with E-state index in [9.17, 15) is 14.9 Å². The van der Waals surface area contributed by atoms with Crippen molar-refractivity contribution >= 4 is 11.7 Å². The summed E-state index contributed by atoms with van der Waals surface area (Å²) < 4.78 is 9.80. The predicted molar refractivity (Wildman–Crippen MR) is 69.2 cm³/mol. The summed E-state index contributed by atoms with van der Waals surface area (Å²) in [6, 6.07) is 4.39. The lowest BCUT2D eigenvalue weighted by molar-refractivity contribution is -0.385. The molecule has 1 aromatic carbocycles. The minimum Gasteiger partial charge on any atom is -0.483 e. The molecule has 0 bridgehead atoms. The monoisotopic (exact) mass is 265 g/mol. The maximum absolute atomic E-state index is 11.4. The van der Waals surface area contributed by atoms with Gasteiger partial charge in [0.15, 0.2) is 5.75 Å². The Morgan fingerprint density at radius 3 is 2.79 bits per heavy atom. The third-order valence-electron chi connectivity index (χ3n) is 2.59. The fourth-order valence-electron chi connectivity index (χ4n) is 1.53. The molecule has 1 aromatic rings. The van der Waals surface area contributed by atoms with Gasteiger partial charge in [0, 0.05) is 6.07 Å². The lowest BCUT2D eigenvalue weighted by atomic mass is 10.0. The number of methoxy groups -OCH3 is 1. The van der Waals surface area contributed by atoms with E-state index in [2.05, 4.69) is 11.3 Å². The van der Waals surface area contributed by atoms with Crippen molar-refractivity contribution in [3.63, 3.8) is 0 Å². The molecule has 0 aliphatic heterocycles. The van der Waals surface area contributed by atoms with Crippen molar-refractivity contribution in [3.05, 3.63) is 46.5 Å². The van der Waals surface area contributed by atoms with Gasteiger partial charge in [-0.15, -0.1) is 0 Å². The molecule has 0 N–H and O–H groups in total. The highest BCUT2D eigenvalue weighted by atomic mass is 16.6. The number of nitrogens with zero attached hydrogens (tertiary/aromatic N) is 1. The second kappa shape index (κ2) is 6.53. The molecule has 0 aliphatic carbocycles. The Balaban J connectivity index is 3.11. The molecule has 0 spiro atoms. The van der Waals surface area contributed by atoms with Gasteiger partial charge in [0.1, 0.15) is 6.61 Å². The zero-order valence-electron chi connectivity index (χ0n) is 10.8. The summed E-state index contributed by atoms with van der Waals surface area (Å²) in [4.78, 5) is 21.8. The minimum atomic E-state index is -0.572. The second-order valence-electron chi connectivity index (χ2n) is 3.83. The van der Waals surface area contributed by atoms with Gasteiger partial charge in [0.05, 0.1) is 18.0 Å². The molecule has 0 heterocycles. The molecule has 0 aromatic heterocycles. The Bertz CT molecular complexity index is 498. The van der Waals surface area contributed by atoms with Crippen LogP contribution in [0.5, 0.6) is 5.75 Å². The fourth-order valence-corrected chi connectivity index (χ4v) is 1.53. The molecule has 102 valence electrons. The molecule has 0 saturated carbocycles. The Kier molecular flexibility index (Phi) is 5.05. The van der Waals surface area contributed by atoms with E-state index in [1.807, 2.05) is 0 Å². The molecule has 19 heavy (non-hydrogen) atoms. The van der Waals surface area contributed by atoms with E-state index < -0.39 is 16.8 Å².